The number of nitrogens with zero attached hydrogens (tertiary/aromatic N) is 10. The monoisotopic (exact) mass is 1000 g/mol. The fraction of sp³-hybridized carbons (Fsp3) is 1.00. The highest BCUT2D eigenvalue weighted by Crippen LogP contribution is 2.43. The maximum absolute atomic E-state index is 2.68. The van der Waals surface area contributed by atoms with Crippen LogP contribution >= 0.6 is 0 Å². The summed E-state index contributed by atoms with van der Waals surface area (Å²) >= 11 is 0. The fourth-order valence-electron chi connectivity index (χ4n) is 12.5. The molecular formula is C61H128N10. The maximum Gasteiger partial charge on any atom is 0.0125 e. The Morgan fingerprint density at radius 3 is 1.06 bits per heavy atom. The van der Waals surface area contributed by atoms with Crippen molar-refractivity contribution in [2.24, 2.45) is 22.7 Å². The molecule has 7 aliphatic heterocycles. The minimum absolute atomic E-state index is 0.323. The second kappa shape index (κ2) is 27.8. The summed E-state index contributed by atoms with van der Waals surface area (Å²) in [4.78, 5) is 25.1. The van der Waals surface area contributed by atoms with Crippen molar-refractivity contribution in [1.82, 2.24) is 49.0 Å². The molecule has 422 valence electrons. The van der Waals surface area contributed by atoms with Crippen molar-refractivity contribution < 1.29 is 0 Å². The van der Waals surface area contributed by atoms with E-state index in [2.05, 4.69) is 209 Å². The lowest BCUT2D eigenvalue weighted by molar-refractivity contribution is 0.0475. The van der Waals surface area contributed by atoms with Crippen LogP contribution in [0.3, 0.4) is 0 Å². The van der Waals surface area contributed by atoms with Crippen LogP contribution in [-0.2, 0) is 0 Å². The number of piperidine rings is 5. The molecule has 10 heteroatoms. The van der Waals surface area contributed by atoms with Gasteiger partial charge in [0.1, 0.15) is 0 Å². The zero-order chi connectivity index (χ0) is 53.8. The van der Waals surface area contributed by atoms with E-state index < -0.39 is 0 Å². The van der Waals surface area contributed by atoms with Gasteiger partial charge in [-0.25, -0.2) is 0 Å². The summed E-state index contributed by atoms with van der Waals surface area (Å²) < 4.78 is 0. The van der Waals surface area contributed by atoms with Gasteiger partial charge in [-0.15, -0.1) is 0 Å². The zero-order valence-electron chi connectivity index (χ0n) is 52.5. The summed E-state index contributed by atoms with van der Waals surface area (Å²) in [5.41, 5.74) is 3.12. The van der Waals surface area contributed by atoms with E-state index >= 15 is 0 Å². The third kappa shape index (κ3) is 23.0. The second-order valence-electron chi connectivity index (χ2n) is 30.3. The molecular weight excluding hydrogens is 873 g/mol. The topological polar surface area (TPSA) is 32.4 Å². The maximum atomic E-state index is 2.68. The highest BCUT2D eigenvalue weighted by atomic mass is 15.2. The average Bonchev–Trinajstić information content (AvgIpc) is 3.85. The Kier molecular flexibility index (Phi) is 25.4. The van der Waals surface area contributed by atoms with Crippen molar-refractivity contribution >= 4 is 0 Å². The first-order valence-corrected chi connectivity index (χ1v) is 29.6. The minimum Gasteiger partial charge on any atom is -0.309 e. The highest BCUT2D eigenvalue weighted by Gasteiger charge is 2.43. The zero-order valence-corrected chi connectivity index (χ0v) is 52.5. The quantitative estimate of drug-likeness (QED) is 0.266. The molecule has 0 radical (unpaired) electrons. The van der Waals surface area contributed by atoms with Crippen LogP contribution in [0.2, 0.25) is 0 Å². The van der Waals surface area contributed by atoms with Crippen LogP contribution in [-0.4, -0.2) is 244 Å². The van der Waals surface area contributed by atoms with Gasteiger partial charge in [-0.05, 0) is 325 Å². The third-order valence-electron chi connectivity index (χ3n) is 18.7. The van der Waals surface area contributed by atoms with Crippen molar-refractivity contribution in [3.63, 3.8) is 0 Å². The lowest BCUT2D eigenvalue weighted by atomic mass is 9.77. The summed E-state index contributed by atoms with van der Waals surface area (Å²) in [6, 6.07) is 0.804. The Hall–Kier alpha value is -0.400. The molecule has 0 atom stereocenters. The molecule has 71 heavy (non-hydrogen) atoms. The molecule has 0 saturated carbocycles. The van der Waals surface area contributed by atoms with E-state index in [9.17, 15) is 0 Å². The first-order chi connectivity index (χ1) is 32.5. The first-order valence-electron chi connectivity index (χ1n) is 29.6. The van der Waals surface area contributed by atoms with Crippen molar-refractivity contribution in [2.75, 3.05) is 161 Å². The molecule has 0 bridgehead atoms. The second-order valence-corrected chi connectivity index (χ2v) is 30.3. The number of rotatable bonds is 5. The highest BCUT2D eigenvalue weighted by molar-refractivity contribution is 4.97. The number of hydrogen-bond donors (Lipinski definition) is 0. The summed E-state index contributed by atoms with van der Waals surface area (Å²) in [7, 11) is 17.7. The van der Waals surface area contributed by atoms with Crippen LogP contribution in [0.1, 0.15) is 181 Å². The summed E-state index contributed by atoms with van der Waals surface area (Å²) in [5, 5.41) is 0. The van der Waals surface area contributed by atoms with Crippen molar-refractivity contribution in [2.45, 2.75) is 215 Å². The largest absolute Gasteiger partial charge is 0.309 e. The molecule has 0 amide bonds. The molecule has 7 heterocycles. The van der Waals surface area contributed by atoms with Crippen molar-refractivity contribution in [3.8, 4) is 0 Å². The molecule has 7 rings (SSSR count). The van der Waals surface area contributed by atoms with Crippen LogP contribution < -0.4 is 0 Å². The minimum atomic E-state index is 0.323. The lowest BCUT2D eigenvalue weighted by Gasteiger charge is -2.45. The van der Waals surface area contributed by atoms with E-state index in [1.165, 1.54) is 182 Å². The van der Waals surface area contributed by atoms with E-state index in [1.54, 1.807) is 0 Å². The van der Waals surface area contributed by atoms with Crippen LogP contribution in [0.5, 0.6) is 0 Å². The van der Waals surface area contributed by atoms with Gasteiger partial charge in [0.25, 0.3) is 0 Å². The Morgan fingerprint density at radius 2 is 0.690 bits per heavy atom. The molecule has 0 aliphatic carbocycles. The van der Waals surface area contributed by atoms with E-state index in [0.29, 0.717) is 38.5 Å². The van der Waals surface area contributed by atoms with Crippen LogP contribution in [0.15, 0.2) is 0 Å². The van der Waals surface area contributed by atoms with Gasteiger partial charge in [-0.3, -0.25) is 19.6 Å². The van der Waals surface area contributed by atoms with Crippen molar-refractivity contribution in [1.29, 1.82) is 0 Å². The van der Waals surface area contributed by atoms with Gasteiger partial charge in [-0.2, -0.15) is 0 Å². The lowest BCUT2D eigenvalue weighted by Crippen LogP contribution is -2.49. The van der Waals surface area contributed by atoms with Gasteiger partial charge < -0.3 is 29.4 Å². The third-order valence-corrected chi connectivity index (χ3v) is 18.7. The van der Waals surface area contributed by atoms with Gasteiger partial charge >= 0.3 is 0 Å². The van der Waals surface area contributed by atoms with Gasteiger partial charge in [-0.1, -0.05) is 0 Å². The van der Waals surface area contributed by atoms with Crippen LogP contribution in [0.4, 0.5) is 0 Å². The first kappa shape index (κ1) is 64.9. The molecule has 7 fully saturated rings. The van der Waals surface area contributed by atoms with Gasteiger partial charge in [0.2, 0.25) is 0 Å². The molecule has 0 aromatic carbocycles. The number of likely N-dealkylation sites (tertiary alicyclic amines) is 7. The van der Waals surface area contributed by atoms with Gasteiger partial charge in [0, 0.05) is 73.0 Å². The van der Waals surface area contributed by atoms with E-state index in [-0.39, 0.29) is 0 Å². The summed E-state index contributed by atoms with van der Waals surface area (Å²) in [6.07, 6.45) is 16.6. The molecule has 0 N–H and O–H groups in total. The molecule has 0 aromatic rings. The molecule has 7 aliphatic rings. The number of hydrogen-bond acceptors (Lipinski definition) is 10. The SMILES string of the molecule is CN(C)C1CCN(C(C)(C)C)CC1.CN(C)CC1CCN(C(C)(C)C)CC1.CN1CCC(CN(C)C(C)(C)C)CC1.CN1CCC2(CC1)CCN(C(C)(C)C)C2.CN1CCC2(CCN(C(C)(C)C)CC2)C1. The molecule has 10 nitrogen and oxygen atoms in total. The average molecular weight is 1000 g/mol. The molecule has 0 aromatic heterocycles. The summed E-state index contributed by atoms with van der Waals surface area (Å²) in [6.45, 7) is 55.5. The Morgan fingerprint density at radius 1 is 0.366 bits per heavy atom. The Balaban J connectivity index is 0.000000235. The fourth-order valence-corrected chi connectivity index (χ4v) is 12.5. The van der Waals surface area contributed by atoms with Gasteiger partial charge in [0.15, 0.2) is 0 Å². The molecule has 2 spiro atoms. The standard InChI is InChI=1S/2C13H26N2.2C12H26N2.C11H24N2/c1-12(2,3)15-9-6-13(7-10-15)5-8-14(4)11-13;1-12(2,3)15-10-7-13(11-15)5-8-14(4)9-6-13;1-12(2,3)14(5)10-11-6-8-13(4)9-7-11;1-12(2,3)14-8-6-11(7-9-14)10-13(4)5;1-11(2,3)13-8-6-10(7-9-13)12(4)5/h2*5-11H2,1-4H3;2*11H,6-10H2,1-5H3;10H,6-9H2,1-5H3. The molecule has 0 unspecified atom stereocenters. The smallest absolute Gasteiger partial charge is 0.0125 e. The molecule has 7 saturated heterocycles. The van der Waals surface area contributed by atoms with Crippen molar-refractivity contribution in [3.05, 3.63) is 0 Å². The normalized spacial score (nSPS) is 24.9. The predicted molar refractivity (Wildman–Crippen MR) is 313 cm³/mol. The Labute approximate surface area is 445 Å². The Bertz CT molecular complexity index is 1420. The van der Waals surface area contributed by atoms with Crippen LogP contribution in [0, 0.1) is 22.7 Å². The van der Waals surface area contributed by atoms with E-state index in [4.69, 9.17) is 0 Å². The van der Waals surface area contributed by atoms with Gasteiger partial charge in [0.05, 0.1) is 0 Å². The van der Waals surface area contributed by atoms with E-state index in [1.807, 2.05) is 0 Å². The van der Waals surface area contributed by atoms with Crippen LogP contribution in [0.25, 0.3) is 0 Å². The predicted octanol–water partition coefficient (Wildman–Crippen LogP) is 10.3. The summed E-state index contributed by atoms with van der Waals surface area (Å²) in [5.74, 6) is 1.83. The van der Waals surface area contributed by atoms with E-state index in [0.717, 1.165) is 17.9 Å².